The summed E-state index contributed by atoms with van der Waals surface area (Å²) in [6.45, 7) is 4.08. The Morgan fingerprint density at radius 2 is 2.25 bits per heavy atom. The molecule has 0 saturated heterocycles. The standard InChI is InChI=1S/C6H13NO3S2/c1-6(11)12(8,9)7-4-3-5-10-2/h7,11H,1,3-5H2,2H3. The van der Waals surface area contributed by atoms with Gasteiger partial charge >= 0.3 is 0 Å². The molecule has 0 spiro atoms. The van der Waals surface area contributed by atoms with Gasteiger partial charge in [-0.3, -0.25) is 0 Å². The molecule has 0 fully saturated rings. The van der Waals surface area contributed by atoms with E-state index in [1.165, 1.54) is 0 Å². The first-order valence-corrected chi connectivity index (χ1v) is 5.30. The van der Waals surface area contributed by atoms with E-state index in [1.54, 1.807) is 7.11 Å². The molecule has 0 rings (SSSR count). The smallest absolute Gasteiger partial charge is 0.245 e. The Labute approximate surface area is 78.5 Å². The van der Waals surface area contributed by atoms with E-state index in [4.69, 9.17) is 4.74 Å². The molecule has 0 aliphatic heterocycles. The molecule has 0 aromatic heterocycles. The van der Waals surface area contributed by atoms with Crippen LogP contribution in [-0.2, 0) is 14.8 Å². The lowest BCUT2D eigenvalue weighted by Crippen LogP contribution is -2.24. The van der Waals surface area contributed by atoms with Gasteiger partial charge in [-0.05, 0) is 6.42 Å². The summed E-state index contributed by atoms with van der Waals surface area (Å²) in [7, 11) is -1.85. The van der Waals surface area contributed by atoms with Crippen molar-refractivity contribution in [1.82, 2.24) is 4.72 Å². The van der Waals surface area contributed by atoms with Gasteiger partial charge in [-0.1, -0.05) is 6.58 Å². The van der Waals surface area contributed by atoms with Crippen molar-refractivity contribution in [3.8, 4) is 0 Å². The lowest BCUT2D eigenvalue weighted by atomic mass is 10.5. The lowest BCUT2D eigenvalue weighted by Gasteiger charge is -2.03. The molecule has 0 aliphatic rings. The maximum absolute atomic E-state index is 11.0. The molecule has 1 N–H and O–H groups in total. The van der Waals surface area contributed by atoms with Gasteiger partial charge in [-0.15, -0.1) is 12.6 Å². The van der Waals surface area contributed by atoms with E-state index in [0.29, 0.717) is 19.6 Å². The molecule has 0 amide bonds. The van der Waals surface area contributed by atoms with E-state index in [1.807, 2.05) is 0 Å². The zero-order valence-electron chi connectivity index (χ0n) is 6.91. The van der Waals surface area contributed by atoms with E-state index < -0.39 is 10.0 Å². The topological polar surface area (TPSA) is 55.4 Å². The van der Waals surface area contributed by atoms with E-state index in [-0.39, 0.29) is 4.24 Å². The molecule has 0 bridgehead atoms. The summed E-state index contributed by atoms with van der Waals surface area (Å²) in [6, 6.07) is 0. The van der Waals surface area contributed by atoms with Crippen LogP contribution < -0.4 is 4.72 Å². The summed E-state index contributed by atoms with van der Waals surface area (Å²) < 4.78 is 28.8. The zero-order valence-corrected chi connectivity index (χ0v) is 8.62. The Morgan fingerprint density at radius 1 is 1.67 bits per heavy atom. The molecular formula is C6H13NO3S2. The molecule has 0 unspecified atom stereocenters. The number of rotatable bonds is 6. The van der Waals surface area contributed by atoms with Gasteiger partial charge in [-0.25, -0.2) is 13.1 Å². The van der Waals surface area contributed by atoms with Crippen LogP contribution in [0, 0.1) is 0 Å². The third-order valence-electron chi connectivity index (χ3n) is 1.13. The Morgan fingerprint density at radius 3 is 2.67 bits per heavy atom. The van der Waals surface area contributed by atoms with Crippen molar-refractivity contribution in [1.29, 1.82) is 0 Å². The number of hydrogen-bond donors (Lipinski definition) is 2. The summed E-state index contributed by atoms with van der Waals surface area (Å²) in [5.41, 5.74) is 0. The Balaban J connectivity index is 3.71. The van der Waals surface area contributed by atoms with Gasteiger partial charge in [0.25, 0.3) is 0 Å². The second kappa shape index (κ2) is 5.58. The highest BCUT2D eigenvalue weighted by molar-refractivity contribution is 8.09. The summed E-state index contributed by atoms with van der Waals surface area (Å²) >= 11 is 3.63. The highest BCUT2D eigenvalue weighted by atomic mass is 32.3. The van der Waals surface area contributed by atoms with Crippen LogP contribution in [0.4, 0.5) is 0 Å². The first-order valence-electron chi connectivity index (χ1n) is 3.37. The highest BCUT2D eigenvalue weighted by Crippen LogP contribution is 2.04. The molecule has 0 aliphatic carbocycles. The minimum absolute atomic E-state index is 0.167. The molecule has 0 atom stereocenters. The molecule has 0 radical (unpaired) electrons. The lowest BCUT2D eigenvalue weighted by molar-refractivity contribution is 0.196. The van der Waals surface area contributed by atoms with Crippen LogP contribution in [0.15, 0.2) is 10.8 Å². The van der Waals surface area contributed by atoms with Crippen molar-refractivity contribution in [2.45, 2.75) is 6.42 Å². The van der Waals surface area contributed by atoms with Gasteiger partial charge in [0.05, 0.1) is 0 Å². The first kappa shape index (κ1) is 12.0. The number of sulfonamides is 1. The van der Waals surface area contributed by atoms with Gasteiger partial charge in [0.1, 0.15) is 4.24 Å². The number of ether oxygens (including phenoxy) is 1. The summed E-state index contributed by atoms with van der Waals surface area (Å²) in [5.74, 6) is 0. The molecule has 6 heteroatoms. The molecule has 0 aromatic carbocycles. The quantitative estimate of drug-likeness (QED) is 0.492. The average Bonchev–Trinajstić information content (AvgIpc) is 1.98. The summed E-state index contributed by atoms with van der Waals surface area (Å²) in [6.07, 6.45) is 0.636. The molecule has 12 heavy (non-hydrogen) atoms. The minimum atomic E-state index is -3.41. The summed E-state index contributed by atoms with van der Waals surface area (Å²) in [5, 5.41) is 0. The molecule has 4 nitrogen and oxygen atoms in total. The Hall–Kier alpha value is -0.0400. The van der Waals surface area contributed by atoms with E-state index in [9.17, 15) is 8.42 Å². The fraction of sp³-hybridized carbons (Fsp3) is 0.667. The van der Waals surface area contributed by atoms with Crippen LogP contribution in [-0.4, -0.2) is 28.7 Å². The van der Waals surface area contributed by atoms with Crippen LogP contribution in [0.1, 0.15) is 6.42 Å². The fourth-order valence-electron chi connectivity index (χ4n) is 0.506. The highest BCUT2D eigenvalue weighted by Gasteiger charge is 2.09. The number of nitrogens with one attached hydrogen (secondary N) is 1. The van der Waals surface area contributed by atoms with E-state index in [0.717, 1.165) is 0 Å². The van der Waals surface area contributed by atoms with Crippen molar-refractivity contribution in [2.75, 3.05) is 20.3 Å². The van der Waals surface area contributed by atoms with Crippen LogP contribution in [0.5, 0.6) is 0 Å². The van der Waals surface area contributed by atoms with Gasteiger partial charge in [0.15, 0.2) is 0 Å². The molecule has 0 heterocycles. The number of methoxy groups -OCH3 is 1. The van der Waals surface area contributed by atoms with Gasteiger partial charge < -0.3 is 4.74 Å². The monoisotopic (exact) mass is 211 g/mol. The molecular weight excluding hydrogens is 198 g/mol. The van der Waals surface area contributed by atoms with Crippen LogP contribution in [0.2, 0.25) is 0 Å². The second-order valence-corrected chi connectivity index (χ2v) is 4.77. The Bertz CT molecular complexity index is 235. The maximum Gasteiger partial charge on any atom is 0.245 e. The van der Waals surface area contributed by atoms with Crippen LogP contribution in [0.3, 0.4) is 0 Å². The van der Waals surface area contributed by atoms with Crippen molar-refractivity contribution in [2.24, 2.45) is 0 Å². The van der Waals surface area contributed by atoms with E-state index >= 15 is 0 Å². The van der Waals surface area contributed by atoms with Gasteiger partial charge in [0.2, 0.25) is 10.0 Å². The maximum atomic E-state index is 11.0. The van der Waals surface area contributed by atoms with Crippen molar-refractivity contribution in [3.63, 3.8) is 0 Å². The Kier molecular flexibility index (Phi) is 5.56. The summed E-state index contributed by atoms with van der Waals surface area (Å²) in [4.78, 5) is 0. The van der Waals surface area contributed by atoms with Gasteiger partial charge in [-0.2, -0.15) is 0 Å². The van der Waals surface area contributed by atoms with Crippen LogP contribution in [0.25, 0.3) is 0 Å². The molecule has 72 valence electrons. The van der Waals surface area contributed by atoms with Crippen molar-refractivity contribution in [3.05, 3.63) is 10.8 Å². The average molecular weight is 211 g/mol. The number of hydrogen-bond acceptors (Lipinski definition) is 4. The van der Waals surface area contributed by atoms with Crippen LogP contribution >= 0.6 is 12.6 Å². The molecule has 0 saturated carbocycles. The minimum Gasteiger partial charge on any atom is -0.385 e. The largest absolute Gasteiger partial charge is 0.385 e. The normalized spacial score (nSPS) is 11.5. The first-order chi connectivity index (χ1) is 5.50. The fourth-order valence-corrected chi connectivity index (χ4v) is 1.28. The van der Waals surface area contributed by atoms with Crippen molar-refractivity contribution < 1.29 is 13.2 Å². The predicted molar refractivity (Wildman–Crippen MR) is 51.5 cm³/mol. The van der Waals surface area contributed by atoms with E-state index in [2.05, 4.69) is 23.9 Å². The van der Waals surface area contributed by atoms with Crippen molar-refractivity contribution >= 4 is 22.7 Å². The number of thiol groups is 1. The second-order valence-electron chi connectivity index (χ2n) is 2.14. The predicted octanol–water partition coefficient (Wildman–Crippen LogP) is 0.343. The molecule has 0 aromatic rings. The van der Waals surface area contributed by atoms with Gasteiger partial charge in [0, 0.05) is 20.3 Å². The third kappa shape index (κ3) is 4.76. The SMILES string of the molecule is C=C(S)S(=O)(=O)NCCCOC. The third-order valence-corrected chi connectivity index (χ3v) is 3.05. The zero-order chi connectivity index (χ0) is 9.61.